The Morgan fingerprint density at radius 3 is 1.24 bits per heavy atom. The van der Waals surface area contributed by atoms with Crippen LogP contribution in [0.4, 0.5) is 0 Å². The molecule has 7 atom stereocenters. The molecule has 0 aromatic heterocycles. The molecule has 1 aliphatic rings. The zero-order chi connectivity index (χ0) is 49.4. The van der Waals surface area contributed by atoms with E-state index in [1.165, 1.54) is 231 Å². The Bertz CT molecular complexity index is 1120. The fraction of sp³-hybridized carbons (Fsp3) is 0.915. The number of unbranched alkanes of at least 4 members (excludes halogenated alkanes) is 39. The van der Waals surface area contributed by atoms with Crippen LogP contribution in [0.1, 0.15) is 290 Å². The summed E-state index contributed by atoms with van der Waals surface area (Å²) in [5.74, 6) is -0.181. The van der Waals surface area contributed by atoms with Crippen LogP contribution in [-0.2, 0) is 14.3 Å². The molecule has 6 N–H and O–H groups in total. The van der Waals surface area contributed by atoms with Gasteiger partial charge in [-0.2, -0.15) is 0 Å². The topological polar surface area (TPSA) is 149 Å². The quantitative estimate of drug-likeness (QED) is 0.0261. The standard InChI is InChI=1S/C59H113NO8/c1-3-5-7-9-11-13-15-17-19-21-22-23-24-25-26-27-28-29-30-31-33-35-37-39-41-43-45-47-49-55(63)60-52(51-67-59-58(66)57(65)56(64)54(50-61)68-59)53(62)48-46-44-42-40-38-36-34-32-20-18-16-14-12-10-8-6-4-2/h38,40,46,48,52-54,56-59,61-62,64-66H,3-37,39,41-45,47,49-51H2,1-2H3,(H,60,63)/b40-38+,48-46+. The number of aliphatic hydroxyl groups excluding tert-OH is 5. The first-order valence-corrected chi connectivity index (χ1v) is 29.6. The van der Waals surface area contributed by atoms with Gasteiger partial charge in [0.2, 0.25) is 5.91 Å². The van der Waals surface area contributed by atoms with Crippen molar-refractivity contribution in [2.24, 2.45) is 0 Å². The van der Waals surface area contributed by atoms with E-state index < -0.39 is 49.5 Å². The second-order valence-corrected chi connectivity index (χ2v) is 20.8. The van der Waals surface area contributed by atoms with Gasteiger partial charge < -0.3 is 40.3 Å². The number of hydrogen-bond acceptors (Lipinski definition) is 8. The smallest absolute Gasteiger partial charge is 0.220 e. The van der Waals surface area contributed by atoms with E-state index in [1.807, 2.05) is 6.08 Å². The molecular formula is C59H113NO8. The predicted octanol–water partition coefficient (Wildman–Crippen LogP) is 14.6. The molecule has 9 heteroatoms. The summed E-state index contributed by atoms with van der Waals surface area (Å²) in [7, 11) is 0. The lowest BCUT2D eigenvalue weighted by atomic mass is 9.99. The Balaban J connectivity index is 2.18. The van der Waals surface area contributed by atoms with Gasteiger partial charge >= 0.3 is 0 Å². The molecule has 0 spiro atoms. The van der Waals surface area contributed by atoms with Crippen LogP contribution >= 0.6 is 0 Å². The third kappa shape index (κ3) is 38.4. The van der Waals surface area contributed by atoms with Gasteiger partial charge in [-0.15, -0.1) is 0 Å². The van der Waals surface area contributed by atoms with Gasteiger partial charge in [-0.25, -0.2) is 0 Å². The summed E-state index contributed by atoms with van der Waals surface area (Å²) in [5, 5.41) is 54.5. The Labute approximate surface area is 419 Å². The van der Waals surface area contributed by atoms with Crippen LogP contribution in [0.25, 0.3) is 0 Å². The number of rotatable bonds is 51. The molecule has 0 aromatic carbocycles. The summed E-state index contributed by atoms with van der Waals surface area (Å²) < 4.78 is 11.3. The normalized spacial score (nSPS) is 19.7. The highest BCUT2D eigenvalue weighted by atomic mass is 16.7. The number of allylic oxidation sites excluding steroid dienone is 3. The molecule has 1 aliphatic heterocycles. The summed E-state index contributed by atoms with van der Waals surface area (Å²) in [6.45, 7) is 3.80. The van der Waals surface area contributed by atoms with Crippen molar-refractivity contribution in [1.29, 1.82) is 0 Å². The molecule has 1 saturated heterocycles. The number of carbonyl (C=O) groups excluding carboxylic acids is 1. The van der Waals surface area contributed by atoms with Crippen LogP contribution in [0.3, 0.4) is 0 Å². The van der Waals surface area contributed by atoms with Crippen LogP contribution in [0.2, 0.25) is 0 Å². The molecule has 0 radical (unpaired) electrons. The van der Waals surface area contributed by atoms with E-state index >= 15 is 0 Å². The van der Waals surface area contributed by atoms with Crippen molar-refractivity contribution in [2.75, 3.05) is 13.2 Å². The number of nitrogens with one attached hydrogen (secondary N) is 1. The average molecular weight is 965 g/mol. The van der Waals surface area contributed by atoms with Crippen LogP contribution in [0.5, 0.6) is 0 Å². The second-order valence-electron chi connectivity index (χ2n) is 20.8. The van der Waals surface area contributed by atoms with Gasteiger partial charge in [0.1, 0.15) is 24.4 Å². The molecule has 0 aliphatic carbocycles. The minimum Gasteiger partial charge on any atom is -0.394 e. The fourth-order valence-corrected chi connectivity index (χ4v) is 9.59. The van der Waals surface area contributed by atoms with E-state index in [0.29, 0.717) is 6.42 Å². The molecule has 9 nitrogen and oxygen atoms in total. The molecule has 1 heterocycles. The van der Waals surface area contributed by atoms with Gasteiger partial charge in [0.15, 0.2) is 6.29 Å². The van der Waals surface area contributed by atoms with Crippen molar-refractivity contribution in [3.05, 3.63) is 24.3 Å². The molecule has 68 heavy (non-hydrogen) atoms. The van der Waals surface area contributed by atoms with Crippen LogP contribution in [0.15, 0.2) is 24.3 Å². The maximum Gasteiger partial charge on any atom is 0.220 e. The number of carbonyl (C=O) groups is 1. The van der Waals surface area contributed by atoms with Gasteiger partial charge in [0.05, 0.1) is 25.4 Å². The van der Waals surface area contributed by atoms with Crippen molar-refractivity contribution >= 4 is 5.91 Å². The van der Waals surface area contributed by atoms with Crippen molar-refractivity contribution in [3.63, 3.8) is 0 Å². The first kappa shape index (κ1) is 64.7. The minimum atomic E-state index is -1.57. The summed E-state index contributed by atoms with van der Waals surface area (Å²) in [5.41, 5.74) is 0. The number of ether oxygens (including phenoxy) is 2. The van der Waals surface area contributed by atoms with E-state index in [1.54, 1.807) is 6.08 Å². The lowest BCUT2D eigenvalue weighted by molar-refractivity contribution is -0.302. The lowest BCUT2D eigenvalue weighted by Gasteiger charge is -2.40. The summed E-state index contributed by atoms with van der Waals surface area (Å²) in [6.07, 6.45) is 55.4. The van der Waals surface area contributed by atoms with Crippen LogP contribution < -0.4 is 5.32 Å². The molecule has 0 bridgehead atoms. The lowest BCUT2D eigenvalue weighted by Crippen LogP contribution is -2.60. The van der Waals surface area contributed by atoms with E-state index in [9.17, 15) is 30.3 Å². The van der Waals surface area contributed by atoms with Crippen molar-refractivity contribution in [3.8, 4) is 0 Å². The van der Waals surface area contributed by atoms with E-state index in [-0.39, 0.29) is 12.5 Å². The summed E-state index contributed by atoms with van der Waals surface area (Å²) in [6, 6.07) is -0.818. The Hall–Kier alpha value is -1.33. The molecular weight excluding hydrogens is 851 g/mol. The fourth-order valence-electron chi connectivity index (χ4n) is 9.59. The zero-order valence-electron chi connectivity index (χ0n) is 44.6. The Morgan fingerprint density at radius 2 is 0.838 bits per heavy atom. The van der Waals surface area contributed by atoms with Gasteiger partial charge in [0.25, 0.3) is 0 Å². The third-order valence-corrected chi connectivity index (χ3v) is 14.3. The van der Waals surface area contributed by atoms with Crippen molar-refractivity contribution in [2.45, 2.75) is 333 Å². The van der Waals surface area contributed by atoms with Crippen LogP contribution in [0, 0.1) is 0 Å². The highest BCUT2D eigenvalue weighted by molar-refractivity contribution is 5.76. The van der Waals surface area contributed by atoms with Gasteiger partial charge in [-0.3, -0.25) is 4.79 Å². The monoisotopic (exact) mass is 964 g/mol. The summed E-state index contributed by atoms with van der Waals surface area (Å²) >= 11 is 0. The summed E-state index contributed by atoms with van der Waals surface area (Å²) in [4.78, 5) is 13.0. The SMILES string of the molecule is CCCCCCCCCCCCC/C=C/CC/C=C/C(O)C(COC1OC(CO)C(O)C(O)C1O)NC(=O)CCCCCCCCCCCCCCCCCCCCCCCCCCCCCC. The van der Waals surface area contributed by atoms with E-state index in [4.69, 9.17) is 9.47 Å². The highest BCUT2D eigenvalue weighted by Crippen LogP contribution is 2.23. The Kier molecular flexibility index (Phi) is 46.9. The molecule has 1 amide bonds. The molecule has 0 aromatic rings. The van der Waals surface area contributed by atoms with Gasteiger partial charge in [0, 0.05) is 6.42 Å². The van der Waals surface area contributed by atoms with Gasteiger partial charge in [-0.1, -0.05) is 276 Å². The molecule has 1 rings (SSSR count). The highest BCUT2D eigenvalue weighted by Gasteiger charge is 2.44. The van der Waals surface area contributed by atoms with E-state index in [2.05, 4.69) is 31.3 Å². The molecule has 402 valence electrons. The van der Waals surface area contributed by atoms with Crippen molar-refractivity contribution < 1.29 is 39.8 Å². The molecule has 7 unspecified atom stereocenters. The average Bonchev–Trinajstić information content (AvgIpc) is 3.34. The number of amides is 1. The van der Waals surface area contributed by atoms with Crippen molar-refractivity contribution in [1.82, 2.24) is 5.32 Å². The maximum absolute atomic E-state index is 13.0. The maximum atomic E-state index is 13.0. The first-order chi connectivity index (χ1) is 33.3. The largest absolute Gasteiger partial charge is 0.394 e. The third-order valence-electron chi connectivity index (χ3n) is 14.3. The minimum absolute atomic E-state index is 0.181. The molecule has 1 fully saturated rings. The first-order valence-electron chi connectivity index (χ1n) is 29.6. The molecule has 0 saturated carbocycles. The Morgan fingerprint density at radius 1 is 0.485 bits per heavy atom. The predicted molar refractivity (Wildman–Crippen MR) is 286 cm³/mol. The number of hydrogen-bond donors (Lipinski definition) is 6. The zero-order valence-corrected chi connectivity index (χ0v) is 44.6. The van der Waals surface area contributed by atoms with Crippen LogP contribution in [-0.4, -0.2) is 87.5 Å². The van der Waals surface area contributed by atoms with E-state index in [0.717, 1.165) is 38.5 Å². The van der Waals surface area contributed by atoms with Gasteiger partial charge in [-0.05, 0) is 32.1 Å². The second kappa shape index (κ2) is 49.3. The number of aliphatic hydroxyl groups is 5.